The minimum Gasteiger partial charge on any atom is -0.496 e. The van der Waals surface area contributed by atoms with Crippen LogP contribution >= 0.6 is 11.6 Å². The topological polar surface area (TPSA) is 53.0 Å². The van der Waals surface area contributed by atoms with Crippen molar-refractivity contribution in [1.82, 2.24) is 9.80 Å². The molecule has 5 nitrogen and oxygen atoms in total. The fraction of sp³-hybridized carbons (Fsp3) is 0.350. The van der Waals surface area contributed by atoms with Crippen LogP contribution in [0.25, 0.3) is 0 Å². The molecule has 1 saturated heterocycles. The van der Waals surface area contributed by atoms with Crippen molar-refractivity contribution in [3.63, 3.8) is 0 Å². The summed E-state index contributed by atoms with van der Waals surface area (Å²) in [5.74, 6) is -0.0190. The number of carboxylic acids is 1. The predicted molar refractivity (Wildman–Crippen MR) is 102 cm³/mol. The molecule has 3 rings (SSSR count). The molecular formula is C20H23ClN2O3. The maximum atomic E-state index is 11.1. The number of methoxy groups -OCH3 is 1. The lowest BCUT2D eigenvalue weighted by molar-refractivity contribution is 0.0696. The van der Waals surface area contributed by atoms with Gasteiger partial charge in [0.1, 0.15) is 5.75 Å². The number of hydrogen-bond acceptors (Lipinski definition) is 4. The van der Waals surface area contributed by atoms with Crippen molar-refractivity contribution in [3.05, 3.63) is 64.2 Å². The molecule has 2 aromatic rings. The number of nitrogens with zero attached hydrogens (tertiary/aromatic N) is 2. The number of rotatable bonds is 6. The highest BCUT2D eigenvalue weighted by Gasteiger charge is 2.19. The average Bonchev–Trinajstić information content (AvgIpc) is 2.64. The van der Waals surface area contributed by atoms with Gasteiger partial charge in [-0.25, -0.2) is 4.79 Å². The SMILES string of the molecule is COc1ccc(Cl)cc1CN1CCN(Cc2cccc(C(=O)O)c2)CC1. The highest BCUT2D eigenvalue weighted by molar-refractivity contribution is 6.30. The smallest absolute Gasteiger partial charge is 0.335 e. The van der Waals surface area contributed by atoms with E-state index in [1.54, 1.807) is 25.3 Å². The molecule has 138 valence electrons. The molecule has 1 aliphatic heterocycles. The van der Waals surface area contributed by atoms with E-state index >= 15 is 0 Å². The van der Waals surface area contributed by atoms with E-state index in [9.17, 15) is 4.79 Å². The van der Waals surface area contributed by atoms with Gasteiger partial charge in [0.2, 0.25) is 0 Å². The summed E-state index contributed by atoms with van der Waals surface area (Å²) in [6.45, 7) is 5.38. The van der Waals surface area contributed by atoms with Gasteiger partial charge in [-0.2, -0.15) is 0 Å². The van der Waals surface area contributed by atoms with E-state index in [4.69, 9.17) is 21.4 Å². The van der Waals surface area contributed by atoms with Crippen LogP contribution in [0.1, 0.15) is 21.5 Å². The van der Waals surface area contributed by atoms with Crippen LogP contribution in [0, 0.1) is 0 Å². The molecule has 26 heavy (non-hydrogen) atoms. The molecule has 6 heteroatoms. The van der Waals surface area contributed by atoms with Crippen LogP contribution in [0.2, 0.25) is 5.02 Å². The number of hydrogen-bond donors (Lipinski definition) is 1. The summed E-state index contributed by atoms with van der Waals surface area (Å²) in [6.07, 6.45) is 0. The van der Waals surface area contributed by atoms with Gasteiger partial charge in [0, 0.05) is 49.9 Å². The van der Waals surface area contributed by atoms with Crippen molar-refractivity contribution in [2.24, 2.45) is 0 Å². The first kappa shape index (κ1) is 18.7. The van der Waals surface area contributed by atoms with Crippen molar-refractivity contribution in [2.75, 3.05) is 33.3 Å². The molecule has 0 saturated carbocycles. The summed E-state index contributed by atoms with van der Waals surface area (Å²) in [5.41, 5.74) is 2.48. The summed E-state index contributed by atoms with van der Waals surface area (Å²) < 4.78 is 5.43. The van der Waals surface area contributed by atoms with Crippen LogP contribution < -0.4 is 4.74 Å². The summed E-state index contributed by atoms with van der Waals surface area (Å²) in [7, 11) is 1.68. The summed E-state index contributed by atoms with van der Waals surface area (Å²) in [4.78, 5) is 15.8. The van der Waals surface area contributed by atoms with Gasteiger partial charge in [0.25, 0.3) is 0 Å². The largest absolute Gasteiger partial charge is 0.496 e. The highest BCUT2D eigenvalue weighted by atomic mass is 35.5. The third-order valence-corrected chi connectivity index (χ3v) is 4.92. The van der Waals surface area contributed by atoms with Crippen molar-refractivity contribution in [2.45, 2.75) is 13.1 Å². The molecule has 0 amide bonds. The lowest BCUT2D eigenvalue weighted by atomic mass is 10.1. The van der Waals surface area contributed by atoms with Gasteiger partial charge >= 0.3 is 5.97 Å². The Kier molecular flexibility index (Phi) is 6.14. The van der Waals surface area contributed by atoms with Crippen molar-refractivity contribution in [1.29, 1.82) is 0 Å². The Hall–Kier alpha value is -2.08. The number of ether oxygens (including phenoxy) is 1. The number of carboxylic acid groups (broad SMARTS) is 1. The van der Waals surface area contributed by atoms with Gasteiger partial charge in [-0.3, -0.25) is 9.80 Å². The lowest BCUT2D eigenvalue weighted by Gasteiger charge is -2.35. The van der Waals surface area contributed by atoms with Crippen LogP contribution in [0.3, 0.4) is 0 Å². The number of carbonyl (C=O) groups is 1. The van der Waals surface area contributed by atoms with Crippen molar-refractivity contribution in [3.8, 4) is 5.75 Å². The van der Waals surface area contributed by atoms with E-state index < -0.39 is 5.97 Å². The van der Waals surface area contributed by atoms with Crippen LogP contribution in [-0.2, 0) is 13.1 Å². The molecule has 1 N–H and O–H groups in total. The van der Waals surface area contributed by atoms with E-state index in [1.807, 2.05) is 24.3 Å². The monoisotopic (exact) mass is 374 g/mol. The van der Waals surface area contributed by atoms with E-state index in [1.165, 1.54) is 0 Å². The lowest BCUT2D eigenvalue weighted by Crippen LogP contribution is -2.45. The maximum Gasteiger partial charge on any atom is 0.335 e. The molecule has 0 spiro atoms. The average molecular weight is 375 g/mol. The molecule has 1 heterocycles. The Bertz CT molecular complexity index is 773. The minimum absolute atomic E-state index is 0.342. The number of benzene rings is 2. The quantitative estimate of drug-likeness (QED) is 0.840. The van der Waals surface area contributed by atoms with E-state index in [2.05, 4.69) is 9.80 Å². The second-order valence-electron chi connectivity index (χ2n) is 6.51. The van der Waals surface area contributed by atoms with Gasteiger partial charge in [0.15, 0.2) is 0 Å². The predicted octanol–water partition coefficient (Wildman–Crippen LogP) is 3.36. The Morgan fingerprint density at radius 1 is 1.08 bits per heavy atom. The van der Waals surface area contributed by atoms with E-state index in [-0.39, 0.29) is 0 Å². The van der Waals surface area contributed by atoms with Gasteiger partial charge in [-0.05, 0) is 35.9 Å². The second kappa shape index (κ2) is 8.54. The normalized spacial score (nSPS) is 15.8. The number of halogens is 1. The van der Waals surface area contributed by atoms with Crippen LogP contribution in [0.15, 0.2) is 42.5 Å². The van der Waals surface area contributed by atoms with Crippen LogP contribution in [0.5, 0.6) is 5.75 Å². The molecular weight excluding hydrogens is 352 g/mol. The van der Waals surface area contributed by atoms with Crippen LogP contribution in [0.4, 0.5) is 0 Å². The standard InChI is InChI=1S/C20H23ClN2O3/c1-26-19-6-5-18(21)12-17(19)14-23-9-7-22(8-10-23)13-15-3-2-4-16(11-15)20(24)25/h2-6,11-12H,7-10,13-14H2,1H3,(H,24,25). The van der Waals surface area contributed by atoms with Gasteiger partial charge in [-0.15, -0.1) is 0 Å². The Labute approximate surface area is 158 Å². The van der Waals surface area contributed by atoms with Crippen LogP contribution in [-0.4, -0.2) is 54.2 Å². The molecule has 0 bridgehead atoms. The Morgan fingerprint density at radius 3 is 2.42 bits per heavy atom. The first-order valence-electron chi connectivity index (χ1n) is 8.64. The molecule has 1 fully saturated rings. The molecule has 1 aliphatic rings. The second-order valence-corrected chi connectivity index (χ2v) is 6.95. The minimum atomic E-state index is -0.882. The molecule has 0 unspecified atom stereocenters. The molecule has 0 radical (unpaired) electrons. The van der Waals surface area contributed by atoms with E-state index in [0.717, 1.165) is 61.2 Å². The first-order valence-corrected chi connectivity index (χ1v) is 9.02. The number of piperazine rings is 1. The zero-order chi connectivity index (χ0) is 18.5. The first-order chi connectivity index (χ1) is 12.5. The van der Waals surface area contributed by atoms with Gasteiger partial charge < -0.3 is 9.84 Å². The molecule has 0 atom stereocenters. The van der Waals surface area contributed by atoms with Crippen molar-refractivity contribution >= 4 is 17.6 Å². The molecule has 0 aromatic heterocycles. The summed E-state index contributed by atoms with van der Waals surface area (Å²) in [6, 6.07) is 12.9. The molecule has 0 aliphatic carbocycles. The zero-order valence-corrected chi connectivity index (χ0v) is 15.6. The Balaban J connectivity index is 1.55. The fourth-order valence-electron chi connectivity index (χ4n) is 3.28. The fourth-order valence-corrected chi connectivity index (χ4v) is 3.47. The Morgan fingerprint density at radius 2 is 1.77 bits per heavy atom. The summed E-state index contributed by atoms with van der Waals surface area (Å²) >= 11 is 6.12. The maximum absolute atomic E-state index is 11.1. The summed E-state index contributed by atoms with van der Waals surface area (Å²) in [5, 5.41) is 9.83. The highest BCUT2D eigenvalue weighted by Crippen LogP contribution is 2.24. The van der Waals surface area contributed by atoms with E-state index in [0.29, 0.717) is 5.56 Å². The number of aromatic carboxylic acids is 1. The third kappa shape index (κ3) is 4.75. The van der Waals surface area contributed by atoms with Gasteiger partial charge in [-0.1, -0.05) is 23.7 Å². The van der Waals surface area contributed by atoms with Crippen molar-refractivity contribution < 1.29 is 14.6 Å². The zero-order valence-electron chi connectivity index (χ0n) is 14.8. The van der Waals surface area contributed by atoms with Gasteiger partial charge in [0.05, 0.1) is 12.7 Å². The molecule has 2 aromatic carbocycles. The third-order valence-electron chi connectivity index (χ3n) is 4.68.